The summed E-state index contributed by atoms with van der Waals surface area (Å²) in [6.07, 6.45) is 3.63. The molecule has 0 aliphatic carbocycles. The Morgan fingerprint density at radius 2 is 2.13 bits per heavy atom. The van der Waals surface area contributed by atoms with E-state index < -0.39 is 0 Å². The summed E-state index contributed by atoms with van der Waals surface area (Å²) in [7, 11) is 0. The second-order valence-electron chi connectivity index (χ2n) is 3.96. The number of fused-ring (bicyclic) bond motifs is 1. The van der Waals surface area contributed by atoms with Crippen LogP contribution in [0.2, 0.25) is 0 Å². The standard InChI is InChI=1S/C12H13N2O/c1-2-6-10-9(5-1)12(14-13-10)11-7-3-4-8-15-11/h1-2,5-6,11H,3-4,7-8H2. The van der Waals surface area contributed by atoms with E-state index in [-0.39, 0.29) is 6.10 Å². The van der Waals surface area contributed by atoms with Gasteiger partial charge in [0, 0.05) is 12.2 Å². The van der Waals surface area contributed by atoms with Crippen LogP contribution in [0.15, 0.2) is 29.4 Å². The van der Waals surface area contributed by atoms with Crippen LogP contribution in [-0.4, -0.2) is 18.4 Å². The van der Waals surface area contributed by atoms with Crippen LogP contribution in [0.4, 0.5) is 5.69 Å². The van der Waals surface area contributed by atoms with Crippen LogP contribution in [0.5, 0.6) is 0 Å². The maximum absolute atomic E-state index is 5.73. The Kier molecular flexibility index (Phi) is 2.18. The second-order valence-corrected chi connectivity index (χ2v) is 3.96. The molecule has 1 saturated heterocycles. The Morgan fingerprint density at radius 1 is 1.20 bits per heavy atom. The van der Waals surface area contributed by atoms with Crippen molar-refractivity contribution >= 4 is 11.4 Å². The summed E-state index contributed by atoms with van der Waals surface area (Å²) in [4.78, 5) is 0. The highest BCUT2D eigenvalue weighted by molar-refractivity contribution is 6.09. The van der Waals surface area contributed by atoms with Gasteiger partial charge in [-0.3, -0.25) is 0 Å². The Bertz CT molecular complexity index is 394. The van der Waals surface area contributed by atoms with E-state index in [4.69, 9.17) is 4.74 Å². The first kappa shape index (κ1) is 8.92. The van der Waals surface area contributed by atoms with Crippen LogP contribution in [-0.2, 0) is 4.74 Å². The minimum Gasteiger partial charge on any atom is -0.372 e. The van der Waals surface area contributed by atoms with Crippen molar-refractivity contribution in [2.45, 2.75) is 25.4 Å². The number of ether oxygens (including phenoxy) is 1. The molecule has 3 nitrogen and oxygen atoms in total. The van der Waals surface area contributed by atoms with Crippen LogP contribution in [0.1, 0.15) is 24.8 Å². The van der Waals surface area contributed by atoms with Gasteiger partial charge in [0.05, 0.1) is 5.69 Å². The lowest BCUT2D eigenvalue weighted by atomic mass is 9.99. The van der Waals surface area contributed by atoms with Gasteiger partial charge in [0.15, 0.2) is 0 Å². The van der Waals surface area contributed by atoms with Gasteiger partial charge in [0.25, 0.3) is 0 Å². The van der Waals surface area contributed by atoms with Crippen LogP contribution >= 0.6 is 0 Å². The Hall–Kier alpha value is -1.35. The number of rotatable bonds is 1. The topological polar surface area (TPSA) is 35.7 Å². The molecule has 15 heavy (non-hydrogen) atoms. The van der Waals surface area contributed by atoms with E-state index in [1.165, 1.54) is 12.8 Å². The molecular weight excluding hydrogens is 188 g/mol. The molecule has 77 valence electrons. The van der Waals surface area contributed by atoms with E-state index in [0.717, 1.165) is 30.0 Å². The van der Waals surface area contributed by atoms with Crippen molar-refractivity contribution in [3.05, 3.63) is 29.8 Å². The molecule has 1 atom stereocenters. The number of nitrogens with zero attached hydrogens (tertiary/aromatic N) is 2. The molecule has 1 unspecified atom stereocenters. The van der Waals surface area contributed by atoms with Crippen molar-refractivity contribution in [2.75, 3.05) is 6.61 Å². The molecule has 0 saturated carbocycles. The minimum atomic E-state index is 0.158. The average Bonchev–Trinajstić information content (AvgIpc) is 2.74. The summed E-state index contributed by atoms with van der Waals surface area (Å²) in [6, 6.07) is 8.08. The van der Waals surface area contributed by atoms with Crippen LogP contribution in [0, 0.1) is 0 Å². The molecule has 0 N–H and O–H groups in total. The number of hydrogen-bond donors (Lipinski definition) is 0. The van der Waals surface area contributed by atoms with Gasteiger partial charge in [-0.1, -0.05) is 18.2 Å². The average molecular weight is 201 g/mol. The third kappa shape index (κ3) is 1.53. The fourth-order valence-electron chi connectivity index (χ4n) is 2.13. The SMILES string of the molecule is c1ccc2c(c1)[N]N=C2C1CCCCO1. The molecule has 3 rings (SSSR count). The van der Waals surface area contributed by atoms with Crippen LogP contribution in [0.25, 0.3) is 0 Å². The van der Waals surface area contributed by atoms with E-state index >= 15 is 0 Å². The molecule has 3 heteroatoms. The lowest BCUT2D eigenvalue weighted by molar-refractivity contribution is 0.0590. The molecule has 0 bridgehead atoms. The Balaban J connectivity index is 1.89. The molecule has 1 fully saturated rings. The predicted octanol–water partition coefficient (Wildman–Crippen LogP) is 2.21. The normalized spacial score (nSPS) is 24.3. The minimum absolute atomic E-state index is 0.158. The lowest BCUT2D eigenvalue weighted by Gasteiger charge is -2.22. The molecule has 2 aliphatic rings. The Morgan fingerprint density at radius 3 is 3.00 bits per heavy atom. The molecule has 2 heterocycles. The van der Waals surface area contributed by atoms with Crippen molar-refractivity contribution < 1.29 is 4.74 Å². The quantitative estimate of drug-likeness (QED) is 0.686. The van der Waals surface area contributed by atoms with E-state index in [1.807, 2.05) is 18.2 Å². The second kappa shape index (κ2) is 3.66. The summed E-state index contributed by atoms with van der Waals surface area (Å²) >= 11 is 0. The van der Waals surface area contributed by atoms with Gasteiger partial charge >= 0.3 is 0 Å². The number of hydrogen-bond acceptors (Lipinski definition) is 2. The zero-order valence-electron chi connectivity index (χ0n) is 8.52. The maximum Gasteiger partial charge on any atom is 0.102 e. The predicted molar refractivity (Wildman–Crippen MR) is 58.4 cm³/mol. The third-order valence-corrected chi connectivity index (χ3v) is 2.93. The summed E-state index contributed by atoms with van der Waals surface area (Å²) in [5.74, 6) is 0. The summed E-state index contributed by atoms with van der Waals surface area (Å²) in [5, 5.41) is 4.24. The highest BCUT2D eigenvalue weighted by atomic mass is 16.5. The molecule has 1 aromatic carbocycles. The van der Waals surface area contributed by atoms with Gasteiger partial charge in [-0.15, -0.1) is 0 Å². The van der Waals surface area contributed by atoms with E-state index in [1.54, 1.807) is 0 Å². The fourth-order valence-corrected chi connectivity index (χ4v) is 2.13. The maximum atomic E-state index is 5.73. The van der Waals surface area contributed by atoms with Gasteiger partial charge in [-0.05, 0) is 25.3 Å². The van der Waals surface area contributed by atoms with E-state index in [9.17, 15) is 0 Å². The van der Waals surface area contributed by atoms with Crippen molar-refractivity contribution in [3.63, 3.8) is 0 Å². The molecule has 1 radical (unpaired) electrons. The molecule has 2 aliphatic heterocycles. The van der Waals surface area contributed by atoms with Crippen LogP contribution < -0.4 is 5.43 Å². The largest absolute Gasteiger partial charge is 0.372 e. The van der Waals surface area contributed by atoms with Gasteiger partial charge < -0.3 is 4.74 Å². The van der Waals surface area contributed by atoms with E-state index in [0.29, 0.717) is 0 Å². The van der Waals surface area contributed by atoms with Crippen LogP contribution in [0.3, 0.4) is 0 Å². The van der Waals surface area contributed by atoms with Crippen molar-refractivity contribution in [3.8, 4) is 0 Å². The Labute approximate surface area is 89.1 Å². The van der Waals surface area contributed by atoms with Gasteiger partial charge in [0.2, 0.25) is 0 Å². The summed E-state index contributed by atoms with van der Waals surface area (Å²) in [5.41, 5.74) is 7.30. The molecule has 0 aromatic heterocycles. The highest BCUT2D eigenvalue weighted by Gasteiger charge is 2.27. The monoisotopic (exact) mass is 201 g/mol. The molecule has 1 aromatic rings. The van der Waals surface area contributed by atoms with E-state index in [2.05, 4.69) is 16.6 Å². The zero-order chi connectivity index (χ0) is 10.1. The van der Waals surface area contributed by atoms with Crippen molar-refractivity contribution in [1.82, 2.24) is 5.43 Å². The molecular formula is C12H13N2O. The first-order valence-electron chi connectivity index (χ1n) is 5.45. The van der Waals surface area contributed by atoms with Crippen molar-refractivity contribution in [1.29, 1.82) is 0 Å². The molecule has 0 amide bonds. The molecule has 0 spiro atoms. The van der Waals surface area contributed by atoms with Crippen molar-refractivity contribution in [2.24, 2.45) is 5.10 Å². The summed E-state index contributed by atoms with van der Waals surface area (Å²) < 4.78 is 5.73. The number of benzene rings is 1. The zero-order valence-corrected chi connectivity index (χ0v) is 8.52. The van der Waals surface area contributed by atoms with Gasteiger partial charge in [-0.2, -0.15) is 10.5 Å². The fraction of sp³-hybridized carbons (Fsp3) is 0.417. The van der Waals surface area contributed by atoms with Gasteiger partial charge in [0.1, 0.15) is 11.8 Å². The first-order chi connectivity index (χ1) is 7.45. The first-order valence-corrected chi connectivity index (χ1v) is 5.45. The summed E-state index contributed by atoms with van der Waals surface area (Å²) in [6.45, 7) is 0.853. The van der Waals surface area contributed by atoms with Gasteiger partial charge in [-0.25, -0.2) is 0 Å². The smallest absolute Gasteiger partial charge is 0.102 e. The third-order valence-electron chi connectivity index (χ3n) is 2.93. The lowest BCUT2D eigenvalue weighted by Crippen LogP contribution is -2.27. The highest BCUT2D eigenvalue weighted by Crippen LogP contribution is 2.27.